The predicted molar refractivity (Wildman–Crippen MR) is 81.4 cm³/mol. The topological polar surface area (TPSA) is 59.6 Å². The Hall–Kier alpha value is -0.810. The van der Waals surface area contributed by atoms with Crippen LogP contribution in [0.1, 0.15) is 55.4 Å². The average Bonchev–Trinajstić information content (AvgIpc) is 2.18. The molecule has 0 aliphatic heterocycles. The Kier molecular flexibility index (Phi) is 7.52. The van der Waals surface area contributed by atoms with Crippen molar-refractivity contribution in [2.45, 2.75) is 66.6 Å². The number of nitrogens with one attached hydrogen (secondary N) is 2. The normalized spacial score (nSPS) is 14.2. The van der Waals surface area contributed by atoms with E-state index in [-0.39, 0.29) is 17.6 Å². The fourth-order valence-corrected chi connectivity index (χ4v) is 1.44. The molecule has 5 nitrogen and oxygen atoms in total. The number of hydrogen-bond acceptors (Lipinski definition) is 4. The van der Waals surface area contributed by atoms with Crippen LogP contribution >= 0.6 is 0 Å². The Balaban J connectivity index is 4.13. The van der Waals surface area contributed by atoms with Crippen molar-refractivity contribution in [3.8, 4) is 0 Å². The Morgan fingerprint density at radius 2 is 1.55 bits per heavy atom. The van der Waals surface area contributed by atoms with Crippen molar-refractivity contribution in [1.29, 1.82) is 0 Å². The molecule has 120 valence electrons. The van der Waals surface area contributed by atoms with Gasteiger partial charge in [0, 0.05) is 13.1 Å². The van der Waals surface area contributed by atoms with E-state index in [0.717, 1.165) is 0 Å². The van der Waals surface area contributed by atoms with E-state index in [2.05, 4.69) is 24.6 Å². The van der Waals surface area contributed by atoms with E-state index < -0.39 is 5.60 Å². The minimum Gasteiger partial charge on any atom is -0.444 e. The Morgan fingerprint density at radius 1 is 1.00 bits per heavy atom. The van der Waals surface area contributed by atoms with E-state index in [0.29, 0.717) is 19.0 Å². The van der Waals surface area contributed by atoms with Gasteiger partial charge < -0.3 is 10.1 Å². The van der Waals surface area contributed by atoms with Gasteiger partial charge in [0.1, 0.15) is 5.60 Å². The predicted octanol–water partition coefficient (Wildman–Crippen LogP) is 3.10. The van der Waals surface area contributed by atoms with Gasteiger partial charge in [-0.15, -0.1) is 0 Å². The summed E-state index contributed by atoms with van der Waals surface area (Å²) < 4.78 is 5.22. The summed E-state index contributed by atoms with van der Waals surface area (Å²) in [5.41, 5.74) is 2.30. The molecule has 0 aromatic rings. The lowest BCUT2D eigenvalue weighted by Gasteiger charge is -2.26. The first-order chi connectivity index (χ1) is 8.91. The van der Waals surface area contributed by atoms with Crippen molar-refractivity contribution in [2.24, 2.45) is 11.8 Å². The zero-order chi connectivity index (χ0) is 16.0. The van der Waals surface area contributed by atoms with Gasteiger partial charge >= 0.3 is 6.09 Å². The van der Waals surface area contributed by atoms with Gasteiger partial charge in [-0.2, -0.15) is 0 Å². The summed E-state index contributed by atoms with van der Waals surface area (Å²) >= 11 is 0. The summed E-state index contributed by atoms with van der Waals surface area (Å²) in [6.07, 6.45) is -0.375. The number of ether oxygens (including phenoxy) is 1. The number of carbonyl (C=O) groups excluding carboxylic acids is 1. The fraction of sp³-hybridized carbons (Fsp3) is 0.933. The minimum absolute atomic E-state index is 0.222. The van der Waals surface area contributed by atoms with Crippen molar-refractivity contribution in [3.63, 3.8) is 0 Å². The molecule has 0 fully saturated rings. The summed E-state index contributed by atoms with van der Waals surface area (Å²) in [6.45, 7) is 17.0. The van der Waals surface area contributed by atoms with Crippen LogP contribution in [-0.2, 0) is 9.57 Å². The van der Waals surface area contributed by atoms with Gasteiger partial charge in [0.05, 0.1) is 5.60 Å². The zero-order valence-electron chi connectivity index (χ0n) is 14.3. The zero-order valence-corrected chi connectivity index (χ0v) is 14.3. The number of rotatable bonds is 6. The van der Waals surface area contributed by atoms with E-state index >= 15 is 0 Å². The van der Waals surface area contributed by atoms with E-state index in [1.807, 2.05) is 41.5 Å². The molecule has 0 heterocycles. The molecule has 0 saturated carbocycles. The van der Waals surface area contributed by atoms with Crippen LogP contribution in [-0.4, -0.2) is 30.4 Å². The summed E-state index contributed by atoms with van der Waals surface area (Å²) in [5, 5.41) is 2.81. The van der Waals surface area contributed by atoms with E-state index in [1.54, 1.807) is 0 Å². The van der Waals surface area contributed by atoms with Gasteiger partial charge in [0.2, 0.25) is 0 Å². The van der Waals surface area contributed by atoms with Crippen LogP contribution in [0.4, 0.5) is 4.79 Å². The van der Waals surface area contributed by atoms with Gasteiger partial charge in [-0.1, -0.05) is 13.8 Å². The molecule has 1 amide bonds. The van der Waals surface area contributed by atoms with Crippen LogP contribution in [0, 0.1) is 11.8 Å². The molecular weight excluding hydrogens is 256 g/mol. The fourth-order valence-electron chi connectivity index (χ4n) is 1.44. The lowest BCUT2D eigenvalue weighted by atomic mass is 9.96. The van der Waals surface area contributed by atoms with Crippen LogP contribution in [0.5, 0.6) is 0 Å². The smallest absolute Gasteiger partial charge is 0.407 e. The maximum atomic E-state index is 11.6. The molecule has 0 bridgehead atoms. The van der Waals surface area contributed by atoms with Crippen LogP contribution in [0.2, 0.25) is 0 Å². The third-order valence-corrected chi connectivity index (χ3v) is 2.57. The summed E-state index contributed by atoms with van der Waals surface area (Å²) in [4.78, 5) is 17.1. The van der Waals surface area contributed by atoms with Gasteiger partial charge in [0.25, 0.3) is 0 Å². The average molecular weight is 288 g/mol. The number of carbonyl (C=O) groups is 1. The van der Waals surface area contributed by atoms with Crippen LogP contribution in [0.3, 0.4) is 0 Å². The summed E-state index contributed by atoms with van der Waals surface area (Å²) in [5.74, 6) is 0.714. The van der Waals surface area contributed by atoms with Crippen LogP contribution < -0.4 is 10.8 Å². The second kappa shape index (κ2) is 7.84. The SMILES string of the molecule is CC(C)C(CNOC(C)(C)C)CNC(=O)OC(C)(C)C. The molecule has 20 heavy (non-hydrogen) atoms. The maximum absolute atomic E-state index is 11.6. The van der Waals surface area contributed by atoms with Crippen LogP contribution in [0.25, 0.3) is 0 Å². The highest BCUT2D eigenvalue weighted by Crippen LogP contribution is 2.11. The lowest BCUT2D eigenvalue weighted by Crippen LogP contribution is -2.41. The molecule has 0 aromatic heterocycles. The lowest BCUT2D eigenvalue weighted by molar-refractivity contribution is -0.0787. The Morgan fingerprint density at radius 3 is 1.95 bits per heavy atom. The van der Waals surface area contributed by atoms with Gasteiger partial charge in [-0.05, 0) is 53.4 Å². The molecule has 1 unspecified atom stereocenters. The molecule has 0 saturated heterocycles. The molecule has 1 atom stereocenters. The van der Waals surface area contributed by atoms with Crippen molar-refractivity contribution in [3.05, 3.63) is 0 Å². The molecule has 5 heteroatoms. The third kappa shape index (κ3) is 11.1. The highest BCUT2D eigenvalue weighted by molar-refractivity contribution is 5.67. The highest BCUT2D eigenvalue weighted by Gasteiger charge is 2.20. The van der Waals surface area contributed by atoms with Crippen molar-refractivity contribution < 1.29 is 14.4 Å². The van der Waals surface area contributed by atoms with Crippen molar-refractivity contribution in [1.82, 2.24) is 10.8 Å². The number of amides is 1. The molecule has 0 aromatic carbocycles. The van der Waals surface area contributed by atoms with Crippen molar-refractivity contribution in [2.75, 3.05) is 13.1 Å². The monoisotopic (exact) mass is 288 g/mol. The molecule has 0 spiro atoms. The second-order valence-electron chi connectivity index (χ2n) is 7.45. The standard InChI is InChI=1S/C15H32N2O3/c1-11(2)12(10-17-20-15(6,7)8)9-16-13(18)19-14(3,4)5/h11-12,17H,9-10H2,1-8H3,(H,16,18). The first kappa shape index (κ1) is 19.2. The molecule has 0 aliphatic rings. The van der Waals surface area contributed by atoms with Gasteiger partial charge in [-0.25, -0.2) is 10.3 Å². The van der Waals surface area contributed by atoms with E-state index in [9.17, 15) is 4.79 Å². The van der Waals surface area contributed by atoms with E-state index in [1.165, 1.54) is 0 Å². The quantitative estimate of drug-likeness (QED) is 0.737. The Bertz CT molecular complexity index is 290. The van der Waals surface area contributed by atoms with Crippen molar-refractivity contribution >= 4 is 6.09 Å². The molecule has 0 aliphatic carbocycles. The second-order valence-corrected chi connectivity index (χ2v) is 7.45. The summed E-state index contributed by atoms with van der Waals surface area (Å²) in [6, 6.07) is 0. The summed E-state index contributed by atoms with van der Waals surface area (Å²) in [7, 11) is 0. The number of hydroxylamine groups is 1. The van der Waals surface area contributed by atoms with Crippen LogP contribution in [0.15, 0.2) is 0 Å². The van der Waals surface area contributed by atoms with Gasteiger partial charge in [-0.3, -0.25) is 4.84 Å². The number of alkyl carbamates (subject to hydrolysis) is 1. The largest absolute Gasteiger partial charge is 0.444 e. The third-order valence-electron chi connectivity index (χ3n) is 2.57. The molecular formula is C15H32N2O3. The first-order valence-corrected chi connectivity index (χ1v) is 7.28. The Labute approximate surface area is 123 Å². The molecule has 0 radical (unpaired) electrons. The molecule has 2 N–H and O–H groups in total. The number of hydrogen-bond donors (Lipinski definition) is 2. The van der Waals surface area contributed by atoms with Gasteiger partial charge in [0.15, 0.2) is 0 Å². The maximum Gasteiger partial charge on any atom is 0.407 e. The minimum atomic E-state index is -0.467. The first-order valence-electron chi connectivity index (χ1n) is 7.28. The highest BCUT2D eigenvalue weighted by atomic mass is 16.7. The molecule has 0 rings (SSSR count). The van der Waals surface area contributed by atoms with E-state index in [4.69, 9.17) is 9.57 Å².